The highest BCUT2D eigenvalue weighted by atomic mass is 16.6. The SMILES string of the molecule is CC(C)(C)OC(=O)N1CC2CC(C1)CN(C(=O)[C@@]1(O)NCCC1Oc1ccc(C#N)cc1N)C2. The highest BCUT2D eigenvalue weighted by Gasteiger charge is 2.53. The van der Waals surface area contributed by atoms with Crippen LogP contribution < -0.4 is 15.8 Å². The number of nitrogens with zero attached hydrogens (tertiary/aromatic N) is 3. The standard InChI is InChI=1S/C24H33N5O5/c1-23(2,3)34-22(31)29-13-16-8-17(14-29)12-28(11-16)21(30)24(32)20(6-7-27-24)33-19-5-4-15(10-25)9-18(19)26/h4-5,9,16-17,20,27,32H,6-8,11-14,26H2,1-3H3/t16?,17?,20?,24-/m1/s1. The van der Waals surface area contributed by atoms with Gasteiger partial charge in [0.05, 0.1) is 17.3 Å². The van der Waals surface area contributed by atoms with Crippen molar-refractivity contribution >= 4 is 17.7 Å². The van der Waals surface area contributed by atoms with Crippen molar-refractivity contribution in [2.75, 3.05) is 38.5 Å². The van der Waals surface area contributed by atoms with Crippen LogP contribution in [0.25, 0.3) is 0 Å². The van der Waals surface area contributed by atoms with Crippen LogP contribution in [0.2, 0.25) is 0 Å². The molecule has 10 heteroatoms. The summed E-state index contributed by atoms with van der Waals surface area (Å²) < 4.78 is 11.5. The molecule has 3 saturated heterocycles. The number of amides is 2. The summed E-state index contributed by atoms with van der Waals surface area (Å²) in [6.45, 7) is 7.87. The number of benzene rings is 1. The molecule has 3 aliphatic heterocycles. The molecule has 4 atom stereocenters. The van der Waals surface area contributed by atoms with E-state index in [0.29, 0.717) is 50.5 Å². The lowest BCUT2D eigenvalue weighted by atomic mass is 9.84. The zero-order chi connectivity index (χ0) is 24.7. The molecule has 184 valence electrons. The molecule has 2 amide bonds. The van der Waals surface area contributed by atoms with Crippen molar-refractivity contribution in [3.63, 3.8) is 0 Å². The monoisotopic (exact) mass is 471 g/mol. The van der Waals surface area contributed by atoms with Gasteiger partial charge in [-0.2, -0.15) is 5.26 Å². The number of nitriles is 1. The van der Waals surface area contributed by atoms with Gasteiger partial charge in [-0.25, -0.2) is 4.79 Å². The molecule has 3 heterocycles. The summed E-state index contributed by atoms with van der Waals surface area (Å²) in [6, 6.07) is 6.67. The summed E-state index contributed by atoms with van der Waals surface area (Å²) in [5.41, 5.74) is 4.24. The number of anilines is 1. The second kappa shape index (κ2) is 8.96. The quantitative estimate of drug-likeness (QED) is 0.560. The Morgan fingerprint density at radius 1 is 1.21 bits per heavy atom. The number of hydrogen-bond donors (Lipinski definition) is 3. The van der Waals surface area contributed by atoms with Gasteiger partial charge in [-0.1, -0.05) is 0 Å². The third-order valence-electron chi connectivity index (χ3n) is 6.52. The van der Waals surface area contributed by atoms with Gasteiger partial charge < -0.3 is 30.1 Å². The van der Waals surface area contributed by atoms with Crippen molar-refractivity contribution in [2.45, 2.75) is 51.0 Å². The fourth-order valence-electron chi connectivity index (χ4n) is 5.12. The molecule has 0 spiro atoms. The third kappa shape index (κ3) is 4.91. The molecular formula is C24H33N5O5. The first-order valence-corrected chi connectivity index (χ1v) is 11.7. The normalized spacial score (nSPS) is 28.9. The van der Waals surface area contributed by atoms with Gasteiger partial charge in [0.2, 0.25) is 5.72 Å². The minimum absolute atomic E-state index is 0.113. The molecule has 0 radical (unpaired) electrons. The summed E-state index contributed by atoms with van der Waals surface area (Å²) in [4.78, 5) is 29.4. The summed E-state index contributed by atoms with van der Waals surface area (Å²) >= 11 is 0. The van der Waals surface area contributed by atoms with Gasteiger partial charge in [-0.05, 0) is 57.2 Å². The number of carbonyl (C=O) groups is 2. The number of aliphatic hydroxyl groups is 1. The highest BCUT2D eigenvalue weighted by molar-refractivity contribution is 5.86. The average molecular weight is 472 g/mol. The van der Waals surface area contributed by atoms with Crippen molar-refractivity contribution in [3.05, 3.63) is 23.8 Å². The Hall–Kier alpha value is -3.03. The van der Waals surface area contributed by atoms with Crippen LogP contribution in [0.1, 0.15) is 39.2 Å². The Morgan fingerprint density at radius 3 is 2.44 bits per heavy atom. The number of carbonyl (C=O) groups excluding carboxylic acids is 2. The number of piperidine rings is 2. The van der Waals surface area contributed by atoms with Gasteiger partial charge in [0.15, 0.2) is 6.10 Å². The number of fused-ring (bicyclic) bond motifs is 2. The fourth-order valence-corrected chi connectivity index (χ4v) is 5.12. The van der Waals surface area contributed by atoms with Crippen LogP contribution in [-0.2, 0) is 9.53 Å². The molecule has 3 aliphatic rings. The molecule has 2 bridgehead atoms. The van der Waals surface area contributed by atoms with E-state index in [0.717, 1.165) is 6.42 Å². The van der Waals surface area contributed by atoms with E-state index >= 15 is 0 Å². The average Bonchev–Trinajstić information content (AvgIpc) is 3.13. The number of ether oxygens (including phenoxy) is 2. The molecule has 3 unspecified atom stereocenters. The Morgan fingerprint density at radius 2 is 1.85 bits per heavy atom. The van der Waals surface area contributed by atoms with Crippen LogP contribution in [0.4, 0.5) is 10.5 Å². The van der Waals surface area contributed by atoms with Crippen molar-refractivity contribution in [2.24, 2.45) is 11.8 Å². The zero-order valence-corrected chi connectivity index (χ0v) is 19.9. The maximum Gasteiger partial charge on any atom is 0.410 e. The smallest absolute Gasteiger partial charge is 0.410 e. The fraction of sp³-hybridized carbons (Fsp3) is 0.625. The molecule has 1 aromatic rings. The number of likely N-dealkylation sites (tertiary alicyclic amines) is 2. The lowest BCUT2D eigenvalue weighted by molar-refractivity contribution is -0.166. The Labute approximate surface area is 199 Å². The maximum atomic E-state index is 13.5. The van der Waals surface area contributed by atoms with Crippen LogP contribution in [0.5, 0.6) is 5.75 Å². The minimum Gasteiger partial charge on any atom is -0.483 e. The van der Waals surface area contributed by atoms with E-state index in [2.05, 4.69) is 5.32 Å². The number of nitrogens with two attached hydrogens (primary N) is 1. The van der Waals surface area contributed by atoms with Gasteiger partial charge in [0, 0.05) is 39.1 Å². The number of hydrogen-bond acceptors (Lipinski definition) is 8. The summed E-state index contributed by atoms with van der Waals surface area (Å²) in [6.07, 6.45) is 0.202. The lowest BCUT2D eigenvalue weighted by Crippen LogP contribution is -2.65. The molecule has 3 fully saturated rings. The van der Waals surface area contributed by atoms with E-state index in [1.54, 1.807) is 21.9 Å². The van der Waals surface area contributed by atoms with Gasteiger partial charge >= 0.3 is 6.09 Å². The topological polar surface area (TPSA) is 141 Å². The molecule has 4 rings (SSSR count). The largest absolute Gasteiger partial charge is 0.483 e. The minimum atomic E-state index is -1.88. The van der Waals surface area contributed by atoms with Crippen molar-refractivity contribution in [3.8, 4) is 11.8 Å². The molecule has 4 N–H and O–H groups in total. The second-order valence-corrected chi connectivity index (χ2v) is 10.5. The summed E-state index contributed by atoms with van der Waals surface area (Å²) in [5.74, 6) is 0.120. The van der Waals surface area contributed by atoms with E-state index in [1.807, 2.05) is 26.8 Å². The van der Waals surface area contributed by atoms with Crippen molar-refractivity contribution in [1.82, 2.24) is 15.1 Å². The number of rotatable bonds is 3. The Bertz CT molecular complexity index is 988. The molecule has 34 heavy (non-hydrogen) atoms. The molecule has 0 saturated carbocycles. The molecule has 10 nitrogen and oxygen atoms in total. The second-order valence-electron chi connectivity index (χ2n) is 10.5. The van der Waals surface area contributed by atoms with Gasteiger partial charge in [0.25, 0.3) is 5.91 Å². The van der Waals surface area contributed by atoms with Crippen LogP contribution >= 0.6 is 0 Å². The molecular weight excluding hydrogens is 438 g/mol. The Balaban J connectivity index is 1.43. The summed E-state index contributed by atoms with van der Waals surface area (Å²) in [5, 5.41) is 23.3. The van der Waals surface area contributed by atoms with E-state index in [-0.39, 0.29) is 23.6 Å². The predicted octanol–water partition coefficient (Wildman–Crippen LogP) is 1.29. The lowest BCUT2D eigenvalue weighted by Gasteiger charge is -2.47. The van der Waals surface area contributed by atoms with Crippen LogP contribution in [0, 0.1) is 23.2 Å². The zero-order valence-electron chi connectivity index (χ0n) is 19.9. The first-order valence-electron chi connectivity index (χ1n) is 11.7. The molecule has 0 aliphatic carbocycles. The molecule has 0 aromatic heterocycles. The van der Waals surface area contributed by atoms with Crippen LogP contribution in [-0.4, -0.2) is 77.1 Å². The van der Waals surface area contributed by atoms with E-state index in [1.165, 1.54) is 6.07 Å². The predicted molar refractivity (Wildman–Crippen MR) is 124 cm³/mol. The van der Waals surface area contributed by atoms with E-state index < -0.39 is 23.3 Å². The van der Waals surface area contributed by atoms with Gasteiger partial charge in [-0.15, -0.1) is 0 Å². The van der Waals surface area contributed by atoms with Gasteiger partial charge in [0.1, 0.15) is 11.4 Å². The Kier molecular flexibility index (Phi) is 6.36. The highest BCUT2D eigenvalue weighted by Crippen LogP contribution is 2.34. The van der Waals surface area contributed by atoms with Gasteiger partial charge in [-0.3, -0.25) is 10.1 Å². The van der Waals surface area contributed by atoms with Crippen molar-refractivity contribution in [1.29, 1.82) is 5.26 Å². The first kappa shape index (κ1) is 24.1. The number of nitrogens with one attached hydrogen (secondary N) is 1. The van der Waals surface area contributed by atoms with Crippen molar-refractivity contribution < 1.29 is 24.2 Å². The number of nitrogen functional groups attached to an aromatic ring is 1. The summed E-state index contributed by atoms with van der Waals surface area (Å²) in [7, 11) is 0. The third-order valence-corrected chi connectivity index (χ3v) is 6.52. The van der Waals surface area contributed by atoms with Crippen LogP contribution in [0.15, 0.2) is 18.2 Å². The first-order chi connectivity index (χ1) is 16.0. The van der Waals surface area contributed by atoms with E-state index in [9.17, 15) is 14.7 Å². The maximum absolute atomic E-state index is 13.5. The molecule has 1 aromatic carbocycles. The van der Waals surface area contributed by atoms with E-state index in [4.69, 9.17) is 20.5 Å². The van der Waals surface area contributed by atoms with Crippen LogP contribution in [0.3, 0.4) is 0 Å².